The lowest BCUT2D eigenvalue weighted by atomic mass is 10.1. The van der Waals surface area contributed by atoms with Crippen LogP contribution in [0.5, 0.6) is 0 Å². The van der Waals surface area contributed by atoms with Crippen LogP contribution >= 0.6 is 7.82 Å². The van der Waals surface area contributed by atoms with Gasteiger partial charge in [0.05, 0.1) is 13.2 Å². The van der Waals surface area contributed by atoms with E-state index in [1.54, 1.807) is 0 Å². The van der Waals surface area contributed by atoms with E-state index < -0.39 is 32.5 Å². The van der Waals surface area contributed by atoms with Crippen LogP contribution in [0.1, 0.15) is 168 Å². The molecular formula is C53H86NO8P. The highest BCUT2D eigenvalue weighted by molar-refractivity contribution is 7.47. The van der Waals surface area contributed by atoms with Gasteiger partial charge in [-0.05, 0) is 103 Å². The number of unbranched alkanes of at least 4 members (excludes halogenated alkanes) is 10. The molecule has 0 fully saturated rings. The quantitative estimate of drug-likeness (QED) is 0.0265. The molecule has 0 aliphatic rings. The summed E-state index contributed by atoms with van der Waals surface area (Å²) < 4.78 is 32.8. The van der Waals surface area contributed by atoms with E-state index in [2.05, 4.69) is 135 Å². The molecule has 0 saturated carbocycles. The molecule has 0 aliphatic carbocycles. The molecule has 63 heavy (non-hydrogen) atoms. The molecule has 0 aromatic heterocycles. The molecule has 3 N–H and O–H groups in total. The second-order valence-electron chi connectivity index (χ2n) is 15.2. The third kappa shape index (κ3) is 47.7. The fourth-order valence-electron chi connectivity index (χ4n) is 5.86. The Hall–Kier alpha value is -3.59. The van der Waals surface area contributed by atoms with Gasteiger partial charge in [-0.1, -0.05) is 174 Å². The Morgan fingerprint density at radius 1 is 0.476 bits per heavy atom. The van der Waals surface area contributed by atoms with Gasteiger partial charge < -0.3 is 20.1 Å². The van der Waals surface area contributed by atoms with Crippen LogP contribution in [0.15, 0.2) is 122 Å². The van der Waals surface area contributed by atoms with Crippen molar-refractivity contribution in [2.24, 2.45) is 5.73 Å². The summed E-state index contributed by atoms with van der Waals surface area (Å²) in [7, 11) is -4.40. The molecule has 0 aromatic carbocycles. The van der Waals surface area contributed by atoms with Crippen LogP contribution in [0.25, 0.3) is 0 Å². The zero-order valence-electron chi connectivity index (χ0n) is 39.3. The number of ether oxygens (including phenoxy) is 2. The number of esters is 2. The lowest BCUT2D eigenvalue weighted by molar-refractivity contribution is -0.161. The van der Waals surface area contributed by atoms with E-state index in [0.717, 1.165) is 128 Å². The van der Waals surface area contributed by atoms with Crippen molar-refractivity contribution in [3.05, 3.63) is 122 Å². The van der Waals surface area contributed by atoms with Crippen LogP contribution in [-0.4, -0.2) is 49.3 Å². The molecule has 356 valence electrons. The van der Waals surface area contributed by atoms with Crippen molar-refractivity contribution in [1.29, 1.82) is 0 Å². The molecule has 0 saturated heterocycles. The van der Waals surface area contributed by atoms with Crippen molar-refractivity contribution >= 4 is 19.8 Å². The fourth-order valence-corrected chi connectivity index (χ4v) is 6.63. The Bertz CT molecular complexity index is 1440. The van der Waals surface area contributed by atoms with E-state index in [1.807, 2.05) is 0 Å². The molecule has 0 radical (unpaired) electrons. The monoisotopic (exact) mass is 896 g/mol. The maximum Gasteiger partial charge on any atom is 0.472 e. The first-order chi connectivity index (χ1) is 30.8. The van der Waals surface area contributed by atoms with Crippen LogP contribution < -0.4 is 5.73 Å². The van der Waals surface area contributed by atoms with Crippen LogP contribution in [-0.2, 0) is 32.7 Å². The highest BCUT2D eigenvalue weighted by Crippen LogP contribution is 2.43. The molecule has 10 heteroatoms. The first-order valence-electron chi connectivity index (χ1n) is 24.0. The Morgan fingerprint density at radius 2 is 0.825 bits per heavy atom. The number of hydrogen-bond acceptors (Lipinski definition) is 8. The molecular weight excluding hydrogens is 810 g/mol. The van der Waals surface area contributed by atoms with Gasteiger partial charge in [0, 0.05) is 19.4 Å². The van der Waals surface area contributed by atoms with E-state index in [-0.39, 0.29) is 32.6 Å². The smallest absolute Gasteiger partial charge is 0.462 e. The van der Waals surface area contributed by atoms with E-state index in [0.29, 0.717) is 12.8 Å². The predicted octanol–water partition coefficient (Wildman–Crippen LogP) is 14.5. The minimum atomic E-state index is -4.40. The molecule has 0 aromatic rings. The summed E-state index contributed by atoms with van der Waals surface area (Å²) in [6.45, 7) is 3.44. The largest absolute Gasteiger partial charge is 0.472 e. The molecule has 0 spiro atoms. The standard InChI is InChI=1S/C53H86NO8P/c1-3-5-7-9-11-13-15-17-19-20-21-22-23-24-25-26-27-28-29-30-32-34-36-38-40-42-44-46-53(56)62-51(50-61-63(57,58)60-48-47-54)49-59-52(55)45-43-41-39-37-35-33-31-18-16-14-12-10-8-6-4-2/h5-8,11-14,17-19,21-22,24-25,27-28,30-32,51H,3-4,9-10,15-16,20,23,26,29,33-50,54H2,1-2H3,(H,57,58)/b7-5-,8-6-,13-11-,14-12-,19-17-,22-21-,25-24-,28-27-,31-18-,32-30-. The van der Waals surface area contributed by atoms with Gasteiger partial charge in [-0.25, -0.2) is 4.57 Å². The van der Waals surface area contributed by atoms with Crippen molar-refractivity contribution in [2.75, 3.05) is 26.4 Å². The predicted molar refractivity (Wildman–Crippen MR) is 265 cm³/mol. The molecule has 0 amide bonds. The number of phosphoric acid groups is 1. The Kier molecular flexibility index (Phi) is 45.2. The Labute approximate surface area is 383 Å². The summed E-state index contributed by atoms with van der Waals surface area (Å²) >= 11 is 0. The summed E-state index contributed by atoms with van der Waals surface area (Å²) in [6, 6.07) is 0. The highest BCUT2D eigenvalue weighted by atomic mass is 31.2. The van der Waals surface area contributed by atoms with E-state index in [9.17, 15) is 19.0 Å². The van der Waals surface area contributed by atoms with Gasteiger partial charge in [0.2, 0.25) is 0 Å². The average molecular weight is 896 g/mol. The van der Waals surface area contributed by atoms with Crippen molar-refractivity contribution < 1.29 is 37.6 Å². The summed E-state index contributed by atoms with van der Waals surface area (Å²) in [5.74, 6) is -0.883. The summed E-state index contributed by atoms with van der Waals surface area (Å²) in [4.78, 5) is 35.0. The molecule has 0 aliphatic heterocycles. The van der Waals surface area contributed by atoms with Gasteiger partial charge in [-0.15, -0.1) is 0 Å². The number of allylic oxidation sites excluding steroid dienone is 20. The first-order valence-corrected chi connectivity index (χ1v) is 25.5. The minimum Gasteiger partial charge on any atom is -0.462 e. The topological polar surface area (TPSA) is 134 Å². The van der Waals surface area contributed by atoms with Crippen LogP contribution in [0.3, 0.4) is 0 Å². The van der Waals surface area contributed by atoms with Gasteiger partial charge in [0.25, 0.3) is 0 Å². The van der Waals surface area contributed by atoms with Gasteiger partial charge >= 0.3 is 19.8 Å². The number of carbonyl (C=O) groups excluding carboxylic acids is 2. The van der Waals surface area contributed by atoms with Gasteiger partial charge in [0.15, 0.2) is 6.10 Å². The van der Waals surface area contributed by atoms with E-state index in [1.165, 1.54) is 0 Å². The number of hydrogen-bond donors (Lipinski definition) is 2. The third-order valence-corrected chi connectivity index (χ3v) is 10.3. The number of phosphoric ester groups is 1. The molecule has 2 unspecified atom stereocenters. The van der Waals surface area contributed by atoms with Crippen molar-refractivity contribution in [3.63, 3.8) is 0 Å². The molecule has 0 heterocycles. The Balaban J connectivity index is 4.18. The summed E-state index contributed by atoms with van der Waals surface area (Å²) in [5.41, 5.74) is 5.35. The third-order valence-electron chi connectivity index (χ3n) is 9.34. The number of carbonyl (C=O) groups is 2. The van der Waals surface area contributed by atoms with Crippen LogP contribution in [0, 0.1) is 0 Å². The minimum absolute atomic E-state index is 0.0399. The Morgan fingerprint density at radius 3 is 1.22 bits per heavy atom. The SMILES string of the molecule is CC/C=C\C/C=C\C/C=C\C/C=C\C/C=C\C/C=C\C/C=C\CCCCCCCC(=O)OC(COC(=O)CCCCCCC/C=C\C/C=C\C/C=C\CC)COP(=O)(O)OCCN. The van der Waals surface area contributed by atoms with Crippen molar-refractivity contribution in [1.82, 2.24) is 0 Å². The normalized spacial score (nSPS) is 14.3. The average Bonchev–Trinajstić information content (AvgIpc) is 3.27. The van der Waals surface area contributed by atoms with E-state index in [4.69, 9.17) is 24.3 Å². The molecule has 2 atom stereocenters. The second kappa shape index (κ2) is 47.9. The first kappa shape index (κ1) is 59.4. The molecule has 0 bridgehead atoms. The highest BCUT2D eigenvalue weighted by Gasteiger charge is 2.26. The lowest BCUT2D eigenvalue weighted by Crippen LogP contribution is -2.29. The van der Waals surface area contributed by atoms with Gasteiger partial charge in [0.1, 0.15) is 6.61 Å². The summed E-state index contributed by atoms with van der Waals surface area (Å²) in [5, 5.41) is 0. The zero-order chi connectivity index (χ0) is 46.0. The maximum absolute atomic E-state index is 12.6. The van der Waals surface area contributed by atoms with Gasteiger partial charge in [-0.2, -0.15) is 0 Å². The van der Waals surface area contributed by atoms with Crippen LogP contribution in [0.4, 0.5) is 0 Å². The maximum atomic E-state index is 12.6. The van der Waals surface area contributed by atoms with Crippen LogP contribution in [0.2, 0.25) is 0 Å². The van der Waals surface area contributed by atoms with Crippen molar-refractivity contribution in [3.8, 4) is 0 Å². The number of rotatable bonds is 43. The fraction of sp³-hybridized carbons (Fsp3) is 0.585. The molecule has 0 rings (SSSR count). The lowest BCUT2D eigenvalue weighted by Gasteiger charge is -2.19. The van der Waals surface area contributed by atoms with E-state index >= 15 is 0 Å². The van der Waals surface area contributed by atoms with Gasteiger partial charge in [-0.3, -0.25) is 18.6 Å². The number of nitrogens with two attached hydrogens (primary N) is 1. The van der Waals surface area contributed by atoms with Crippen molar-refractivity contribution in [2.45, 2.75) is 174 Å². The second-order valence-corrected chi connectivity index (χ2v) is 16.7. The molecule has 9 nitrogen and oxygen atoms in total. The summed E-state index contributed by atoms with van der Waals surface area (Å²) in [6.07, 6.45) is 65.2. The zero-order valence-corrected chi connectivity index (χ0v) is 40.1.